The maximum absolute atomic E-state index is 12.3. The van der Waals surface area contributed by atoms with Gasteiger partial charge in [-0.2, -0.15) is 13.2 Å². The van der Waals surface area contributed by atoms with Crippen molar-refractivity contribution in [1.29, 1.82) is 0 Å². The van der Waals surface area contributed by atoms with Crippen LogP contribution in [0, 0.1) is 5.92 Å². The molecular formula is C18H19F3N2O3. The minimum absolute atomic E-state index is 0.183. The molecule has 8 heteroatoms. The Morgan fingerprint density at radius 1 is 1.15 bits per heavy atom. The second kappa shape index (κ2) is 8.55. The first-order valence-electron chi connectivity index (χ1n) is 7.93. The van der Waals surface area contributed by atoms with Crippen molar-refractivity contribution >= 4 is 11.6 Å². The number of nitrogens with one attached hydrogen (secondary N) is 1. The zero-order chi connectivity index (χ0) is 19.2. The third-order valence-corrected chi connectivity index (χ3v) is 3.09. The number of rotatable bonds is 7. The first-order chi connectivity index (χ1) is 12.2. The van der Waals surface area contributed by atoms with Gasteiger partial charge in [0.05, 0.1) is 17.9 Å². The number of alkyl halides is 3. The second-order valence-corrected chi connectivity index (χ2v) is 5.94. The number of anilines is 1. The van der Waals surface area contributed by atoms with Gasteiger partial charge in [-0.25, -0.2) is 4.98 Å². The van der Waals surface area contributed by atoms with Crippen molar-refractivity contribution in [3.8, 4) is 11.6 Å². The smallest absolute Gasteiger partial charge is 0.422 e. The molecule has 0 spiro atoms. The van der Waals surface area contributed by atoms with Crippen LogP contribution in [0.1, 0.15) is 24.2 Å². The second-order valence-electron chi connectivity index (χ2n) is 5.94. The van der Waals surface area contributed by atoms with E-state index in [9.17, 15) is 18.0 Å². The third-order valence-electron chi connectivity index (χ3n) is 3.09. The zero-order valence-corrected chi connectivity index (χ0v) is 14.3. The lowest BCUT2D eigenvalue weighted by atomic mass is 10.2. The number of nitrogens with zero attached hydrogens (tertiary/aromatic N) is 1. The molecule has 0 atom stereocenters. The summed E-state index contributed by atoms with van der Waals surface area (Å²) in [5.41, 5.74) is 0.679. The molecule has 0 radical (unpaired) electrons. The summed E-state index contributed by atoms with van der Waals surface area (Å²) in [7, 11) is 0. The van der Waals surface area contributed by atoms with E-state index in [0.29, 0.717) is 24.0 Å². The number of amides is 1. The van der Waals surface area contributed by atoms with Gasteiger partial charge >= 0.3 is 6.18 Å². The maximum atomic E-state index is 12.3. The van der Waals surface area contributed by atoms with Crippen LogP contribution in [0.25, 0.3) is 0 Å². The summed E-state index contributed by atoms with van der Waals surface area (Å²) in [6.45, 7) is 3.08. The Morgan fingerprint density at radius 2 is 1.88 bits per heavy atom. The molecule has 5 nitrogen and oxygen atoms in total. The van der Waals surface area contributed by atoms with E-state index in [-0.39, 0.29) is 11.4 Å². The van der Waals surface area contributed by atoms with Crippen LogP contribution in [-0.2, 0) is 0 Å². The molecule has 0 saturated heterocycles. The molecule has 1 N–H and O–H groups in total. The van der Waals surface area contributed by atoms with E-state index >= 15 is 0 Å². The van der Waals surface area contributed by atoms with Gasteiger partial charge in [0.15, 0.2) is 6.61 Å². The number of para-hydroxylation sites is 2. The Bertz CT molecular complexity index is 731. The molecule has 1 aromatic carbocycles. The molecule has 1 heterocycles. The topological polar surface area (TPSA) is 60.5 Å². The molecule has 1 amide bonds. The van der Waals surface area contributed by atoms with Crippen LogP contribution < -0.4 is 14.8 Å². The molecule has 140 valence electrons. The summed E-state index contributed by atoms with van der Waals surface area (Å²) in [6.07, 6.45) is -3.30. The van der Waals surface area contributed by atoms with Crippen molar-refractivity contribution in [3.63, 3.8) is 0 Å². The van der Waals surface area contributed by atoms with Crippen molar-refractivity contribution in [2.24, 2.45) is 5.92 Å². The molecule has 1 aromatic heterocycles. The van der Waals surface area contributed by atoms with Gasteiger partial charge in [-0.15, -0.1) is 0 Å². The minimum atomic E-state index is -4.45. The molecule has 26 heavy (non-hydrogen) atoms. The van der Waals surface area contributed by atoms with Crippen LogP contribution in [0.15, 0.2) is 42.6 Å². The van der Waals surface area contributed by atoms with Gasteiger partial charge in [0.2, 0.25) is 5.88 Å². The van der Waals surface area contributed by atoms with E-state index in [0.717, 1.165) is 6.20 Å². The number of hydrogen-bond donors (Lipinski definition) is 1. The lowest BCUT2D eigenvalue weighted by Crippen LogP contribution is -2.20. The highest BCUT2D eigenvalue weighted by molar-refractivity contribution is 6.04. The van der Waals surface area contributed by atoms with Crippen LogP contribution in [0.3, 0.4) is 0 Å². The predicted molar refractivity (Wildman–Crippen MR) is 90.5 cm³/mol. The predicted octanol–water partition coefficient (Wildman–Crippen LogP) is 4.31. The van der Waals surface area contributed by atoms with Crippen LogP contribution >= 0.6 is 0 Å². The highest BCUT2D eigenvalue weighted by Gasteiger charge is 2.28. The van der Waals surface area contributed by atoms with Gasteiger partial charge in [0.1, 0.15) is 5.75 Å². The molecule has 0 aliphatic carbocycles. The van der Waals surface area contributed by atoms with E-state index in [1.54, 1.807) is 24.3 Å². The molecule has 0 unspecified atom stereocenters. The van der Waals surface area contributed by atoms with Crippen LogP contribution in [0.2, 0.25) is 0 Å². The Morgan fingerprint density at radius 3 is 2.50 bits per heavy atom. The first-order valence-corrected chi connectivity index (χ1v) is 7.93. The monoisotopic (exact) mass is 368 g/mol. The fourth-order valence-electron chi connectivity index (χ4n) is 1.90. The largest absolute Gasteiger partial charge is 0.491 e. The fourth-order valence-corrected chi connectivity index (χ4v) is 1.90. The number of carbonyl (C=O) groups is 1. The number of benzene rings is 1. The van der Waals surface area contributed by atoms with Crippen molar-refractivity contribution < 1.29 is 27.4 Å². The Hall–Kier alpha value is -2.77. The fraction of sp³-hybridized carbons (Fsp3) is 0.333. The molecule has 0 aliphatic heterocycles. The van der Waals surface area contributed by atoms with Gasteiger partial charge in [0, 0.05) is 12.3 Å². The van der Waals surface area contributed by atoms with Crippen LogP contribution in [0.4, 0.5) is 18.9 Å². The number of halogens is 3. The molecular weight excluding hydrogens is 349 g/mol. The van der Waals surface area contributed by atoms with Crippen LogP contribution in [0.5, 0.6) is 11.6 Å². The van der Waals surface area contributed by atoms with Gasteiger partial charge < -0.3 is 14.8 Å². The van der Waals surface area contributed by atoms with Crippen molar-refractivity contribution in [2.45, 2.75) is 20.0 Å². The van der Waals surface area contributed by atoms with Crippen molar-refractivity contribution in [3.05, 3.63) is 48.2 Å². The molecule has 2 aromatic rings. The summed E-state index contributed by atoms with van der Waals surface area (Å²) in [5.74, 6) is 0.194. The summed E-state index contributed by atoms with van der Waals surface area (Å²) >= 11 is 0. The summed E-state index contributed by atoms with van der Waals surface area (Å²) in [5, 5.41) is 2.70. The molecule has 0 aliphatic rings. The summed E-state index contributed by atoms with van der Waals surface area (Å²) in [4.78, 5) is 16.0. The normalized spacial score (nSPS) is 11.3. The summed E-state index contributed by atoms with van der Waals surface area (Å²) < 4.78 is 46.5. The third kappa shape index (κ3) is 6.27. The first kappa shape index (κ1) is 19.6. The van der Waals surface area contributed by atoms with E-state index in [4.69, 9.17) is 4.74 Å². The van der Waals surface area contributed by atoms with Crippen molar-refractivity contribution in [1.82, 2.24) is 4.98 Å². The Kier molecular flexibility index (Phi) is 6.43. The number of ether oxygens (including phenoxy) is 2. The minimum Gasteiger partial charge on any atom is -0.491 e. The van der Waals surface area contributed by atoms with E-state index < -0.39 is 18.7 Å². The SMILES string of the molecule is CC(C)COc1ccccc1NC(=O)c1ccc(OCC(F)(F)F)nc1. The lowest BCUT2D eigenvalue weighted by molar-refractivity contribution is -0.154. The van der Waals surface area contributed by atoms with Gasteiger partial charge in [-0.3, -0.25) is 4.79 Å². The van der Waals surface area contributed by atoms with E-state index in [2.05, 4.69) is 15.0 Å². The molecule has 0 saturated carbocycles. The number of aromatic nitrogens is 1. The Labute approximate surface area is 149 Å². The number of carbonyl (C=O) groups excluding carboxylic acids is 1. The lowest BCUT2D eigenvalue weighted by Gasteiger charge is -2.14. The van der Waals surface area contributed by atoms with Gasteiger partial charge in [0.25, 0.3) is 5.91 Å². The quantitative estimate of drug-likeness (QED) is 0.791. The number of pyridine rings is 1. The zero-order valence-electron chi connectivity index (χ0n) is 14.3. The maximum Gasteiger partial charge on any atom is 0.422 e. The van der Waals surface area contributed by atoms with Gasteiger partial charge in [-0.05, 0) is 24.1 Å². The van der Waals surface area contributed by atoms with E-state index in [1.807, 2.05) is 13.8 Å². The highest BCUT2D eigenvalue weighted by atomic mass is 19.4. The van der Waals surface area contributed by atoms with E-state index in [1.165, 1.54) is 12.1 Å². The average Bonchev–Trinajstić information content (AvgIpc) is 2.59. The highest BCUT2D eigenvalue weighted by Crippen LogP contribution is 2.25. The Balaban J connectivity index is 2.02. The molecule has 0 fully saturated rings. The van der Waals surface area contributed by atoms with Crippen LogP contribution in [-0.4, -0.2) is 30.3 Å². The average molecular weight is 368 g/mol. The summed E-state index contributed by atoms with van der Waals surface area (Å²) in [6, 6.07) is 9.53. The molecule has 0 bridgehead atoms. The van der Waals surface area contributed by atoms with Gasteiger partial charge in [-0.1, -0.05) is 26.0 Å². The molecule has 2 rings (SSSR count). The number of hydrogen-bond acceptors (Lipinski definition) is 4. The van der Waals surface area contributed by atoms with Crippen molar-refractivity contribution in [2.75, 3.05) is 18.5 Å². The standard InChI is InChI=1S/C18H19F3N2O3/c1-12(2)10-25-15-6-4-3-5-14(15)23-17(24)13-7-8-16(22-9-13)26-11-18(19,20)21/h3-9,12H,10-11H2,1-2H3,(H,23,24).